The number of hydrogen-bond donors (Lipinski definition) is 0. The summed E-state index contributed by atoms with van der Waals surface area (Å²) in [5, 5.41) is 1.24. The molecule has 0 fully saturated rings. The first-order valence-electron chi connectivity index (χ1n) is 9.88. The zero-order chi connectivity index (χ0) is 20.9. The molecule has 4 aromatic rings. The molecule has 0 saturated heterocycles. The van der Waals surface area contributed by atoms with E-state index in [1.807, 2.05) is 66.7 Å². The summed E-state index contributed by atoms with van der Waals surface area (Å²) in [4.78, 5) is 4.78. The normalized spacial score (nSPS) is 11.4. The first kappa shape index (κ1) is 20.5. The quantitative estimate of drug-likeness (QED) is 0.284. The van der Waals surface area contributed by atoms with Crippen molar-refractivity contribution in [2.75, 3.05) is 6.61 Å². The second kappa shape index (κ2) is 9.38. The largest absolute Gasteiger partial charge is 0.494 e. The van der Waals surface area contributed by atoms with E-state index in [2.05, 4.69) is 23.6 Å². The van der Waals surface area contributed by atoms with Crippen LogP contribution in [0.3, 0.4) is 0 Å². The van der Waals surface area contributed by atoms with Crippen LogP contribution >= 0.6 is 23.2 Å². The van der Waals surface area contributed by atoms with Gasteiger partial charge in [-0.05, 0) is 67.5 Å². The fraction of sp³-hybridized carbons (Fsp3) is 0.160. The van der Waals surface area contributed by atoms with Crippen molar-refractivity contribution in [3.8, 4) is 5.75 Å². The third-order valence-electron chi connectivity index (χ3n) is 4.87. The van der Waals surface area contributed by atoms with Crippen LogP contribution < -0.4 is 4.74 Å². The molecule has 0 aliphatic heterocycles. The number of nitrogens with zero attached hydrogens (tertiary/aromatic N) is 2. The van der Waals surface area contributed by atoms with E-state index in [0.717, 1.165) is 41.1 Å². The van der Waals surface area contributed by atoms with Crippen molar-refractivity contribution in [1.29, 1.82) is 0 Å². The van der Waals surface area contributed by atoms with Gasteiger partial charge in [0, 0.05) is 22.2 Å². The molecule has 0 saturated carbocycles. The molecule has 0 bridgehead atoms. The van der Waals surface area contributed by atoms with Crippen LogP contribution in [0.5, 0.6) is 5.75 Å². The monoisotopic (exact) mass is 436 g/mol. The molecule has 30 heavy (non-hydrogen) atoms. The van der Waals surface area contributed by atoms with Gasteiger partial charge in [-0.15, -0.1) is 0 Å². The van der Waals surface area contributed by atoms with Gasteiger partial charge >= 0.3 is 0 Å². The van der Waals surface area contributed by atoms with Crippen LogP contribution in [0.2, 0.25) is 10.0 Å². The lowest BCUT2D eigenvalue weighted by Crippen LogP contribution is -2.06. The van der Waals surface area contributed by atoms with Gasteiger partial charge in [-0.25, -0.2) is 4.98 Å². The number of halogens is 2. The summed E-state index contributed by atoms with van der Waals surface area (Å²) in [7, 11) is 0. The number of para-hydroxylation sites is 2. The Labute approximate surface area is 186 Å². The van der Waals surface area contributed by atoms with Crippen LogP contribution in [0.25, 0.3) is 23.2 Å². The highest BCUT2D eigenvalue weighted by molar-refractivity contribution is 6.37. The number of imidazole rings is 1. The van der Waals surface area contributed by atoms with E-state index in [1.54, 1.807) is 0 Å². The summed E-state index contributed by atoms with van der Waals surface area (Å²) in [5.74, 6) is 1.77. The molecule has 0 amide bonds. The van der Waals surface area contributed by atoms with Gasteiger partial charge in [0.15, 0.2) is 0 Å². The van der Waals surface area contributed by atoms with Crippen molar-refractivity contribution < 1.29 is 4.74 Å². The maximum absolute atomic E-state index is 6.31. The van der Waals surface area contributed by atoms with Crippen LogP contribution in [-0.2, 0) is 6.54 Å². The second-order valence-electron chi connectivity index (χ2n) is 7.10. The molecule has 5 heteroatoms. The minimum atomic E-state index is 0.618. The zero-order valence-electron chi connectivity index (χ0n) is 16.7. The number of ether oxygens (including phenoxy) is 1. The minimum absolute atomic E-state index is 0.618. The van der Waals surface area contributed by atoms with Crippen molar-refractivity contribution in [2.24, 2.45) is 0 Å². The summed E-state index contributed by atoms with van der Waals surface area (Å²) < 4.78 is 8.12. The molecular formula is C25H22Cl2N2O. The Morgan fingerprint density at radius 2 is 1.70 bits per heavy atom. The first-order valence-corrected chi connectivity index (χ1v) is 10.6. The van der Waals surface area contributed by atoms with Gasteiger partial charge in [0.25, 0.3) is 0 Å². The molecule has 4 rings (SSSR count). The predicted molar refractivity (Wildman–Crippen MR) is 126 cm³/mol. The maximum atomic E-state index is 6.31. The molecule has 0 spiro atoms. The number of rotatable bonds is 7. The number of aromatic nitrogens is 2. The minimum Gasteiger partial charge on any atom is -0.494 e. The Kier molecular flexibility index (Phi) is 6.41. The Morgan fingerprint density at radius 1 is 0.933 bits per heavy atom. The van der Waals surface area contributed by atoms with E-state index in [1.165, 1.54) is 5.56 Å². The van der Waals surface area contributed by atoms with E-state index < -0.39 is 0 Å². The van der Waals surface area contributed by atoms with Crippen molar-refractivity contribution in [2.45, 2.75) is 19.9 Å². The van der Waals surface area contributed by atoms with Crippen LogP contribution in [-0.4, -0.2) is 16.2 Å². The average molecular weight is 437 g/mol. The smallest absolute Gasteiger partial charge is 0.133 e. The van der Waals surface area contributed by atoms with Crippen LogP contribution in [0, 0.1) is 6.92 Å². The molecule has 0 radical (unpaired) electrons. The molecule has 1 aromatic heterocycles. The number of aryl methyl sites for hydroxylation is 2. The van der Waals surface area contributed by atoms with Crippen LogP contribution in [0.1, 0.15) is 23.4 Å². The van der Waals surface area contributed by atoms with Gasteiger partial charge in [-0.1, -0.05) is 53.5 Å². The molecule has 3 aromatic carbocycles. The first-order chi connectivity index (χ1) is 14.6. The van der Waals surface area contributed by atoms with E-state index >= 15 is 0 Å². The topological polar surface area (TPSA) is 27.1 Å². The van der Waals surface area contributed by atoms with Crippen molar-refractivity contribution in [3.63, 3.8) is 0 Å². The van der Waals surface area contributed by atoms with Gasteiger partial charge in [0.2, 0.25) is 0 Å². The lowest BCUT2D eigenvalue weighted by atomic mass is 10.2. The van der Waals surface area contributed by atoms with Crippen molar-refractivity contribution in [3.05, 3.63) is 93.7 Å². The van der Waals surface area contributed by atoms with Gasteiger partial charge < -0.3 is 9.30 Å². The van der Waals surface area contributed by atoms with Gasteiger partial charge in [0.05, 0.1) is 17.6 Å². The van der Waals surface area contributed by atoms with Crippen LogP contribution in [0.15, 0.2) is 66.7 Å². The highest BCUT2D eigenvalue weighted by atomic mass is 35.5. The van der Waals surface area contributed by atoms with Gasteiger partial charge in [-0.2, -0.15) is 0 Å². The van der Waals surface area contributed by atoms with Gasteiger partial charge in [-0.3, -0.25) is 0 Å². The molecule has 0 N–H and O–H groups in total. The lowest BCUT2D eigenvalue weighted by Gasteiger charge is -2.09. The molecule has 0 atom stereocenters. The molecular weight excluding hydrogens is 415 g/mol. The Hall–Kier alpha value is -2.75. The lowest BCUT2D eigenvalue weighted by molar-refractivity contribution is 0.302. The molecule has 0 aliphatic carbocycles. The number of fused-ring (bicyclic) bond motifs is 1. The standard InChI is InChI=1S/C25H22Cl2N2O/c1-18-7-4-8-19(17-18)30-16-6-15-29-24-12-3-2-11-23(24)28-25(29)14-13-20-21(26)9-5-10-22(20)27/h2-5,7-14,17H,6,15-16H2,1H3/b14-13+. The number of benzene rings is 3. The second-order valence-corrected chi connectivity index (χ2v) is 7.91. The van der Waals surface area contributed by atoms with Gasteiger partial charge in [0.1, 0.15) is 11.6 Å². The molecule has 1 heterocycles. The zero-order valence-corrected chi connectivity index (χ0v) is 18.2. The summed E-state index contributed by atoms with van der Waals surface area (Å²) in [6, 6.07) is 21.8. The Balaban J connectivity index is 1.54. The van der Waals surface area contributed by atoms with E-state index in [0.29, 0.717) is 16.7 Å². The summed E-state index contributed by atoms with van der Waals surface area (Å²) in [5.41, 5.74) is 4.04. The summed E-state index contributed by atoms with van der Waals surface area (Å²) in [6.07, 6.45) is 4.75. The van der Waals surface area contributed by atoms with Crippen molar-refractivity contribution >= 4 is 46.4 Å². The third kappa shape index (κ3) is 4.69. The maximum Gasteiger partial charge on any atom is 0.133 e. The Morgan fingerprint density at radius 3 is 2.50 bits per heavy atom. The highest BCUT2D eigenvalue weighted by Gasteiger charge is 2.09. The summed E-state index contributed by atoms with van der Waals surface area (Å²) >= 11 is 12.6. The molecule has 3 nitrogen and oxygen atoms in total. The molecule has 152 valence electrons. The van der Waals surface area contributed by atoms with E-state index in [4.69, 9.17) is 32.9 Å². The molecule has 0 unspecified atom stereocenters. The van der Waals surface area contributed by atoms with Crippen LogP contribution in [0.4, 0.5) is 0 Å². The fourth-order valence-electron chi connectivity index (χ4n) is 3.40. The van der Waals surface area contributed by atoms with E-state index in [9.17, 15) is 0 Å². The number of hydrogen-bond acceptors (Lipinski definition) is 2. The average Bonchev–Trinajstić information content (AvgIpc) is 3.08. The highest BCUT2D eigenvalue weighted by Crippen LogP contribution is 2.27. The SMILES string of the molecule is Cc1cccc(OCCCn2c(/C=C/c3c(Cl)cccc3Cl)nc3ccccc32)c1. The Bertz CT molecular complexity index is 1180. The third-order valence-corrected chi connectivity index (χ3v) is 5.53. The van der Waals surface area contributed by atoms with E-state index in [-0.39, 0.29) is 0 Å². The molecule has 0 aliphatic rings. The predicted octanol–water partition coefficient (Wildman–Crippen LogP) is 7.29. The summed E-state index contributed by atoms with van der Waals surface area (Å²) in [6.45, 7) is 3.49. The fourth-order valence-corrected chi connectivity index (χ4v) is 3.93. The van der Waals surface area contributed by atoms with Crippen molar-refractivity contribution in [1.82, 2.24) is 9.55 Å².